The standard InChI is InChI=1S/C16H17NO/c1-2-7-13(8-3-1)16(15-11-6-12-18-15)17-14-9-4-5-10-14/h1-8,11-12,14,16-17H,9-10H2. The Hall–Kier alpha value is -1.80. The highest BCUT2D eigenvalue weighted by atomic mass is 16.3. The van der Waals surface area contributed by atoms with Crippen molar-refractivity contribution in [2.75, 3.05) is 0 Å². The van der Waals surface area contributed by atoms with Crippen LogP contribution < -0.4 is 5.32 Å². The summed E-state index contributed by atoms with van der Waals surface area (Å²) in [7, 11) is 0. The van der Waals surface area contributed by atoms with E-state index in [1.807, 2.05) is 18.2 Å². The molecule has 0 amide bonds. The van der Waals surface area contributed by atoms with E-state index in [-0.39, 0.29) is 6.04 Å². The molecule has 1 heterocycles. The van der Waals surface area contributed by atoms with Gasteiger partial charge in [0.25, 0.3) is 0 Å². The van der Waals surface area contributed by atoms with Crippen LogP contribution in [0.25, 0.3) is 0 Å². The van der Waals surface area contributed by atoms with Crippen molar-refractivity contribution in [3.8, 4) is 0 Å². The molecule has 0 spiro atoms. The third-order valence-electron chi connectivity index (χ3n) is 3.37. The predicted octanol–water partition coefficient (Wildman–Crippen LogP) is 3.68. The van der Waals surface area contributed by atoms with Crippen LogP contribution in [0.15, 0.2) is 65.3 Å². The van der Waals surface area contributed by atoms with E-state index in [1.54, 1.807) is 6.26 Å². The van der Waals surface area contributed by atoms with Crippen molar-refractivity contribution in [2.45, 2.75) is 24.9 Å². The van der Waals surface area contributed by atoms with Crippen LogP contribution in [0.5, 0.6) is 0 Å². The maximum Gasteiger partial charge on any atom is 0.125 e. The van der Waals surface area contributed by atoms with Gasteiger partial charge in [0.15, 0.2) is 0 Å². The molecule has 1 aliphatic rings. The summed E-state index contributed by atoms with van der Waals surface area (Å²) in [5, 5.41) is 3.68. The molecule has 1 atom stereocenters. The van der Waals surface area contributed by atoms with E-state index in [2.05, 4.69) is 41.7 Å². The third kappa shape index (κ3) is 2.39. The zero-order valence-corrected chi connectivity index (χ0v) is 10.3. The minimum absolute atomic E-state index is 0.145. The maximum atomic E-state index is 5.58. The van der Waals surface area contributed by atoms with Gasteiger partial charge < -0.3 is 9.73 Å². The summed E-state index contributed by atoms with van der Waals surface area (Å²) in [6, 6.07) is 15.1. The fraction of sp³-hybridized carbons (Fsp3) is 0.250. The molecule has 0 bridgehead atoms. The minimum Gasteiger partial charge on any atom is -0.467 e. The highest BCUT2D eigenvalue weighted by molar-refractivity contribution is 5.26. The molecule has 2 aromatic rings. The van der Waals surface area contributed by atoms with E-state index >= 15 is 0 Å². The lowest BCUT2D eigenvalue weighted by atomic mass is 10.0. The van der Waals surface area contributed by atoms with Crippen molar-refractivity contribution in [2.24, 2.45) is 0 Å². The van der Waals surface area contributed by atoms with Crippen LogP contribution in [-0.2, 0) is 0 Å². The largest absolute Gasteiger partial charge is 0.467 e. The molecule has 92 valence electrons. The zero-order valence-electron chi connectivity index (χ0n) is 10.3. The second-order valence-electron chi connectivity index (χ2n) is 4.67. The monoisotopic (exact) mass is 239 g/mol. The molecule has 0 radical (unpaired) electrons. The number of nitrogens with one attached hydrogen (secondary N) is 1. The first kappa shape index (κ1) is 11.3. The normalized spacial score (nSPS) is 17.1. The summed E-state index contributed by atoms with van der Waals surface area (Å²) in [5.74, 6) is 0.980. The average Bonchev–Trinajstić information content (AvgIpc) is 3.10. The average molecular weight is 239 g/mol. The molecule has 0 fully saturated rings. The molecule has 2 heteroatoms. The van der Waals surface area contributed by atoms with Gasteiger partial charge in [0.2, 0.25) is 0 Å². The summed E-state index contributed by atoms with van der Waals surface area (Å²) < 4.78 is 5.58. The van der Waals surface area contributed by atoms with Gasteiger partial charge >= 0.3 is 0 Å². The minimum atomic E-state index is 0.145. The highest BCUT2D eigenvalue weighted by Crippen LogP contribution is 2.25. The van der Waals surface area contributed by atoms with E-state index in [1.165, 1.54) is 5.56 Å². The highest BCUT2D eigenvalue weighted by Gasteiger charge is 2.21. The van der Waals surface area contributed by atoms with E-state index in [0.29, 0.717) is 6.04 Å². The number of hydrogen-bond donors (Lipinski definition) is 1. The van der Waals surface area contributed by atoms with Crippen molar-refractivity contribution in [3.05, 3.63) is 72.2 Å². The lowest BCUT2D eigenvalue weighted by molar-refractivity contribution is 0.410. The van der Waals surface area contributed by atoms with E-state index in [9.17, 15) is 0 Å². The fourth-order valence-electron chi connectivity index (χ4n) is 2.43. The maximum absolute atomic E-state index is 5.58. The van der Waals surface area contributed by atoms with Crippen LogP contribution in [-0.4, -0.2) is 6.04 Å². The Morgan fingerprint density at radius 3 is 2.44 bits per heavy atom. The molecule has 0 saturated carbocycles. The topological polar surface area (TPSA) is 25.2 Å². The Labute approximate surface area is 107 Å². The van der Waals surface area contributed by atoms with Gasteiger partial charge in [0, 0.05) is 6.04 Å². The number of hydrogen-bond acceptors (Lipinski definition) is 2. The first-order valence-electron chi connectivity index (χ1n) is 6.43. The first-order valence-corrected chi connectivity index (χ1v) is 6.43. The van der Waals surface area contributed by atoms with Crippen molar-refractivity contribution in [1.29, 1.82) is 0 Å². The Bertz CT molecular complexity index is 493. The lowest BCUT2D eigenvalue weighted by Crippen LogP contribution is -2.31. The Kier molecular flexibility index (Phi) is 3.29. The summed E-state index contributed by atoms with van der Waals surface area (Å²) >= 11 is 0. The molecule has 2 nitrogen and oxygen atoms in total. The number of benzene rings is 1. The van der Waals surface area contributed by atoms with Crippen molar-refractivity contribution < 1.29 is 4.42 Å². The molecule has 1 unspecified atom stereocenters. The van der Waals surface area contributed by atoms with Gasteiger partial charge in [-0.25, -0.2) is 0 Å². The Morgan fingerprint density at radius 2 is 1.78 bits per heavy atom. The summed E-state index contributed by atoms with van der Waals surface area (Å²) in [4.78, 5) is 0. The predicted molar refractivity (Wildman–Crippen MR) is 72.3 cm³/mol. The van der Waals surface area contributed by atoms with E-state index < -0.39 is 0 Å². The van der Waals surface area contributed by atoms with Gasteiger partial charge in [-0.1, -0.05) is 42.5 Å². The van der Waals surface area contributed by atoms with Gasteiger partial charge in [0.1, 0.15) is 5.76 Å². The lowest BCUT2D eigenvalue weighted by Gasteiger charge is -2.21. The van der Waals surface area contributed by atoms with Gasteiger partial charge in [-0.05, 0) is 30.5 Å². The Morgan fingerprint density at radius 1 is 1.00 bits per heavy atom. The van der Waals surface area contributed by atoms with Crippen molar-refractivity contribution in [3.63, 3.8) is 0 Å². The summed E-state index contributed by atoms with van der Waals surface area (Å²) in [6.45, 7) is 0. The zero-order chi connectivity index (χ0) is 12.2. The van der Waals surface area contributed by atoms with Crippen LogP contribution in [0.4, 0.5) is 0 Å². The summed E-state index contributed by atoms with van der Waals surface area (Å²) in [6.07, 6.45) is 8.41. The third-order valence-corrected chi connectivity index (χ3v) is 3.37. The number of rotatable bonds is 4. The first-order chi connectivity index (χ1) is 8.93. The summed E-state index contributed by atoms with van der Waals surface area (Å²) in [5.41, 5.74) is 1.25. The van der Waals surface area contributed by atoms with Gasteiger partial charge in [-0.3, -0.25) is 0 Å². The van der Waals surface area contributed by atoms with Crippen molar-refractivity contribution in [1.82, 2.24) is 5.32 Å². The van der Waals surface area contributed by atoms with Crippen LogP contribution in [0.2, 0.25) is 0 Å². The number of furan rings is 1. The molecule has 0 aliphatic heterocycles. The van der Waals surface area contributed by atoms with Crippen LogP contribution in [0, 0.1) is 0 Å². The fourth-order valence-corrected chi connectivity index (χ4v) is 2.43. The van der Waals surface area contributed by atoms with Gasteiger partial charge in [-0.15, -0.1) is 0 Å². The SMILES string of the molecule is C1=CCC(NC(c2ccccc2)c2ccco2)C1. The molecule has 1 N–H and O–H groups in total. The Balaban J connectivity index is 1.84. The van der Waals surface area contributed by atoms with Crippen LogP contribution >= 0.6 is 0 Å². The smallest absolute Gasteiger partial charge is 0.125 e. The van der Waals surface area contributed by atoms with E-state index in [4.69, 9.17) is 4.42 Å². The molecule has 18 heavy (non-hydrogen) atoms. The molecule has 0 saturated heterocycles. The van der Waals surface area contributed by atoms with Crippen LogP contribution in [0.1, 0.15) is 30.2 Å². The second-order valence-corrected chi connectivity index (χ2v) is 4.67. The van der Waals surface area contributed by atoms with Gasteiger partial charge in [-0.2, -0.15) is 0 Å². The van der Waals surface area contributed by atoms with Crippen molar-refractivity contribution >= 4 is 0 Å². The molecular weight excluding hydrogens is 222 g/mol. The van der Waals surface area contributed by atoms with Gasteiger partial charge in [0.05, 0.1) is 12.3 Å². The molecular formula is C16H17NO. The molecule has 3 rings (SSSR count). The molecule has 1 aliphatic carbocycles. The quantitative estimate of drug-likeness (QED) is 0.823. The van der Waals surface area contributed by atoms with E-state index in [0.717, 1.165) is 18.6 Å². The molecule has 1 aromatic carbocycles. The van der Waals surface area contributed by atoms with Crippen LogP contribution in [0.3, 0.4) is 0 Å². The molecule has 1 aromatic heterocycles. The second kappa shape index (κ2) is 5.23.